The van der Waals surface area contributed by atoms with Crippen molar-refractivity contribution in [1.82, 2.24) is 15.3 Å². The summed E-state index contributed by atoms with van der Waals surface area (Å²) in [6.45, 7) is 1.37. The van der Waals surface area contributed by atoms with Crippen molar-refractivity contribution < 1.29 is 13.2 Å². The first-order chi connectivity index (χ1) is 8.47. The molecule has 1 aliphatic rings. The van der Waals surface area contributed by atoms with E-state index in [1.54, 1.807) is 11.9 Å². The van der Waals surface area contributed by atoms with E-state index in [0.29, 0.717) is 12.4 Å². The molecular formula is C11H15F3N4. The lowest BCUT2D eigenvalue weighted by Crippen LogP contribution is -2.30. The second-order valence-electron chi connectivity index (χ2n) is 4.34. The van der Waals surface area contributed by atoms with Crippen LogP contribution in [0.2, 0.25) is 0 Å². The number of nitrogens with zero attached hydrogens (tertiary/aromatic N) is 3. The van der Waals surface area contributed by atoms with Crippen molar-refractivity contribution >= 4 is 5.82 Å². The molecule has 4 nitrogen and oxygen atoms in total. The van der Waals surface area contributed by atoms with Gasteiger partial charge in [0.15, 0.2) is 0 Å². The zero-order valence-electron chi connectivity index (χ0n) is 10.1. The minimum atomic E-state index is -4.14. The smallest absolute Gasteiger partial charge is 0.359 e. The summed E-state index contributed by atoms with van der Waals surface area (Å²) in [6.07, 6.45) is -2.77. The first kappa shape index (κ1) is 13.1. The van der Waals surface area contributed by atoms with Gasteiger partial charge in [-0.25, -0.2) is 9.97 Å². The van der Waals surface area contributed by atoms with Crippen LogP contribution in [-0.2, 0) is 13.0 Å². The van der Waals surface area contributed by atoms with Gasteiger partial charge in [-0.1, -0.05) is 0 Å². The van der Waals surface area contributed by atoms with Crippen LogP contribution in [0.3, 0.4) is 0 Å². The van der Waals surface area contributed by atoms with Crippen LogP contribution < -0.4 is 10.2 Å². The molecule has 0 amide bonds. The van der Waals surface area contributed by atoms with Gasteiger partial charge in [-0.2, -0.15) is 13.2 Å². The number of rotatable bonds is 3. The summed E-state index contributed by atoms with van der Waals surface area (Å²) in [5.74, 6) is 0.594. The van der Waals surface area contributed by atoms with Gasteiger partial charge >= 0.3 is 6.18 Å². The molecule has 0 aromatic carbocycles. The lowest BCUT2D eigenvalue weighted by atomic mass is 10.1. The maximum atomic E-state index is 12.2. The van der Waals surface area contributed by atoms with Gasteiger partial charge in [-0.05, 0) is 0 Å². The minimum Gasteiger partial charge on any atom is -0.359 e. The Labute approximate surface area is 103 Å². The van der Waals surface area contributed by atoms with Gasteiger partial charge in [-0.15, -0.1) is 0 Å². The van der Waals surface area contributed by atoms with Crippen LogP contribution in [0.15, 0.2) is 6.33 Å². The van der Waals surface area contributed by atoms with Gasteiger partial charge in [0, 0.05) is 38.7 Å². The first-order valence-corrected chi connectivity index (χ1v) is 5.79. The third-order valence-corrected chi connectivity index (χ3v) is 2.94. The van der Waals surface area contributed by atoms with E-state index in [9.17, 15) is 13.2 Å². The highest BCUT2D eigenvalue weighted by Crippen LogP contribution is 2.24. The van der Waals surface area contributed by atoms with Crippen molar-refractivity contribution in [3.63, 3.8) is 0 Å². The summed E-state index contributed by atoms with van der Waals surface area (Å²) in [5.41, 5.74) is 1.84. The van der Waals surface area contributed by atoms with Crippen molar-refractivity contribution in [2.24, 2.45) is 0 Å². The predicted molar refractivity (Wildman–Crippen MR) is 61.4 cm³/mol. The monoisotopic (exact) mass is 260 g/mol. The third-order valence-electron chi connectivity index (χ3n) is 2.94. The normalized spacial score (nSPS) is 15.3. The summed E-state index contributed by atoms with van der Waals surface area (Å²) < 4.78 is 36.6. The highest BCUT2D eigenvalue weighted by Gasteiger charge is 2.28. The second-order valence-corrected chi connectivity index (χ2v) is 4.34. The third kappa shape index (κ3) is 3.10. The van der Waals surface area contributed by atoms with Crippen LogP contribution in [0.1, 0.15) is 17.7 Å². The van der Waals surface area contributed by atoms with E-state index in [-0.39, 0.29) is 6.54 Å². The molecule has 2 heterocycles. The van der Waals surface area contributed by atoms with Crippen LogP contribution in [0.4, 0.5) is 19.0 Å². The van der Waals surface area contributed by atoms with Gasteiger partial charge < -0.3 is 10.2 Å². The van der Waals surface area contributed by atoms with Crippen LogP contribution in [0, 0.1) is 0 Å². The van der Waals surface area contributed by atoms with E-state index in [1.165, 1.54) is 6.33 Å². The SMILES string of the molecule is CN(CCC(F)(F)F)c1ncnc2c1CNCC2. The number of alkyl halides is 3. The molecule has 1 N–H and O–H groups in total. The van der Waals surface area contributed by atoms with Crippen molar-refractivity contribution in [3.8, 4) is 0 Å². The maximum absolute atomic E-state index is 12.2. The van der Waals surface area contributed by atoms with E-state index in [2.05, 4.69) is 15.3 Å². The summed E-state index contributed by atoms with van der Waals surface area (Å²) in [4.78, 5) is 9.81. The topological polar surface area (TPSA) is 41.1 Å². The minimum absolute atomic E-state index is 0.0903. The van der Waals surface area contributed by atoms with Gasteiger partial charge in [0.2, 0.25) is 0 Å². The Hall–Kier alpha value is -1.37. The van der Waals surface area contributed by atoms with Crippen molar-refractivity contribution in [1.29, 1.82) is 0 Å². The van der Waals surface area contributed by atoms with Gasteiger partial charge in [-0.3, -0.25) is 0 Å². The van der Waals surface area contributed by atoms with Crippen LogP contribution >= 0.6 is 0 Å². The fourth-order valence-electron chi connectivity index (χ4n) is 1.98. The average Bonchev–Trinajstić information content (AvgIpc) is 2.34. The van der Waals surface area contributed by atoms with E-state index in [1.807, 2.05) is 0 Å². The van der Waals surface area contributed by atoms with Gasteiger partial charge in [0.25, 0.3) is 0 Å². The van der Waals surface area contributed by atoms with Crippen molar-refractivity contribution in [2.75, 3.05) is 25.0 Å². The quantitative estimate of drug-likeness (QED) is 0.894. The zero-order chi connectivity index (χ0) is 13.2. The Morgan fingerprint density at radius 3 is 2.89 bits per heavy atom. The molecule has 7 heteroatoms. The number of nitrogens with one attached hydrogen (secondary N) is 1. The van der Waals surface area contributed by atoms with E-state index >= 15 is 0 Å². The summed E-state index contributed by atoms with van der Waals surface area (Å²) >= 11 is 0. The maximum Gasteiger partial charge on any atom is 0.390 e. The molecular weight excluding hydrogens is 245 g/mol. The molecule has 0 saturated heterocycles. The molecule has 0 spiro atoms. The molecule has 1 aromatic heterocycles. The number of aromatic nitrogens is 2. The highest BCUT2D eigenvalue weighted by atomic mass is 19.4. The Morgan fingerprint density at radius 2 is 2.17 bits per heavy atom. The second kappa shape index (κ2) is 5.09. The number of anilines is 1. The Kier molecular flexibility index (Phi) is 3.70. The largest absolute Gasteiger partial charge is 0.390 e. The molecule has 0 aliphatic carbocycles. The molecule has 18 heavy (non-hydrogen) atoms. The van der Waals surface area contributed by atoms with E-state index in [4.69, 9.17) is 0 Å². The molecule has 0 saturated carbocycles. The standard InChI is InChI=1S/C11H15F3N4/c1-18(5-3-11(12,13)14)10-8-6-15-4-2-9(8)16-7-17-10/h7,15H,2-6H2,1H3. The first-order valence-electron chi connectivity index (χ1n) is 5.79. The van der Waals surface area contributed by atoms with Gasteiger partial charge in [0.1, 0.15) is 12.1 Å². The Bertz CT molecular complexity index is 419. The van der Waals surface area contributed by atoms with E-state index < -0.39 is 12.6 Å². The molecule has 2 rings (SSSR count). The fourth-order valence-corrected chi connectivity index (χ4v) is 1.98. The van der Waals surface area contributed by atoms with E-state index in [0.717, 1.165) is 24.2 Å². The summed E-state index contributed by atoms with van der Waals surface area (Å²) in [7, 11) is 1.63. The number of fused-ring (bicyclic) bond motifs is 1. The number of hydrogen-bond donors (Lipinski definition) is 1. The van der Waals surface area contributed by atoms with Crippen LogP contribution in [0.25, 0.3) is 0 Å². The molecule has 0 unspecified atom stereocenters. The summed E-state index contributed by atoms with van der Waals surface area (Å²) in [5, 5.41) is 3.18. The fraction of sp³-hybridized carbons (Fsp3) is 0.636. The molecule has 1 aliphatic heterocycles. The number of hydrogen-bond acceptors (Lipinski definition) is 4. The molecule has 0 bridgehead atoms. The van der Waals surface area contributed by atoms with Crippen LogP contribution in [0.5, 0.6) is 0 Å². The zero-order valence-corrected chi connectivity index (χ0v) is 10.1. The predicted octanol–water partition coefficient (Wildman–Crippen LogP) is 1.51. The number of halogens is 3. The molecule has 0 fully saturated rings. The Morgan fingerprint density at radius 1 is 1.39 bits per heavy atom. The molecule has 1 aromatic rings. The highest BCUT2D eigenvalue weighted by molar-refractivity contribution is 5.48. The Balaban J connectivity index is 2.12. The lowest BCUT2D eigenvalue weighted by molar-refractivity contribution is -0.132. The summed E-state index contributed by atoms with van der Waals surface area (Å²) in [6, 6.07) is 0. The molecule has 0 radical (unpaired) electrons. The molecule has 0 atom stereocenters. The molecule has 100 valence electrons. The average molecular weight is 260 g/mol. The van der Waals surface area contributed by atoms with Crippen molar-refractivity contribution in [3.05, 3.63) is 17.6 Å². The lowest BCUT2D eigenvalue weighted by Gasteiger charge is -2.25. The van der Waals surface area contributed by atoms with Crippen LogP contribution in [-0.4, -0.2) is 36.3 Å². The van der Waals surface area contributed by atoms with Crippen molar-refractivity contribution in [2.45, 2.75) is 25.6 Å². The van der Waals surface area contributed by atoms with Gasteiger partial charge in [0.05, 0.1) is 12.1 Å².